The Morgan fingerprint density at radius 2 is 0.616 bits per heavy atom. The van der Waals surface area contributed by atoms with Gasteiger partial charge >= 0.3 is 0 Å². The van der Waals surface area contributed by atoms with E-state index >= 15 is 0 Å². The Morgan fingerprint density at radius 1 is 0.244 bits per heavy atom. The molecule has 0 radical (unpaired) electrons. The van der Waals surface area contributed by atoms with Gasteiger partial charge in [-0.25, -0.2) is 0 Å². The van der Waals surface area contributed by atoms with Gasteiger partial charge in [0.15, 0.2) is 0 Å². The number of fused-ring (bicyclic) bond motifs is 8. The third kappa shape index (κ3) is 8.78. The second-order valence-electron chi connectivity index (χ2n) is 22.5. The minimum absolute atomic E-state index is 0.800. The van der Waals surface area contributed by atoms with Gasteiger partial charge in [0.05, 0.1) is 16.9 Å². The van der Waals surface area contributed by atoms with E-state index in [0.717, 1.165) is 133 Å². The van der Waals surface area contributed by atoms with E-state index in [1.54, 1.807) is 0 Å². The van der Waals surface area contributed by atoms with E-state index in [2.05, 4.69) is 327 Å². The fourth-order valence-corrected chi connectivity index (χ4v) is 13.0. The third-order valence-electron chi connectivity index (χ3n) is 17.2. The van der Waals surface area contributed by atoms with Crippen molar-refractivity contribution in [2.45, 2.75) is 13.8 Å². The Hall–Kier alpha value is -11.2. The molecule has 0 fully saturated rings. The van der Waals surface area contributed by atoms with Gasteiger partial charge in [-0.15, -0.1) is 0 Å². The van der Waals surface area contributed by atoms with Crippen LogP contribution in [0.15, 0.2) is 312 Å². The molecule has 0 aliphatic heterocycles. The molecule has 0 aliphatic rings. The maximum Gasteiger partial charge on any atom is 0.147 e. The lowest BCUT2D eigenvalue weighted by atomic mass is 9.95. The molecule has 16 rings (SSSR count). The van der Waals surface area contributed by atoms with Crippen LogP contribution < -0.4 is 9.80 Å². The molecule has 14 aromatic carbocycles. The van der Waals surface area contributed by atoms with Crippen molar-refractivity contribution in [3.63, 3.8) is 0 Å². The first-order chi connectivity index (χ1) is 42.5. The summed E-state index contributed by atoms with van der Waals surface area (Å²) in [5.74, 6) is 0. The fraction of sp³-hybridized carbons (Fsp3) is 0.0244. The number of benzene rings is 14. The number of hydrogen-bond donors (Lipinski definition) is 0. The highest BCUT2D eigenvalue weighted by Gasteiger charge is 2.25. The lowest BCUT2D eigenvalue weighted by Crippen LogP contribution is -2.12. The normalized spacial score (nSPS) is 11.6. The number of rotatable bonds is 11. The third-order valence-corrected chi connectivity index (χ3v) is 17.2. The topological polar surface area (TPSA) is 32.8 Å². The Morgan fingerprint density at radius 3 is 1.02 bits per heavy atom. The van der Waals surface area contributed by atoms with Crippen LogP contribution in [0.3, 0.4) is 0 Å². The van der Waals surface area contributed by atoms with E-state index in [0.29, 0.717) is 0 Å². The van der Waals surface area contributed by atoms with Gasteiger partial charge in [0.1, 0.15) is 22.3 Å². The summed E-state index contributed by atoms with van der Waals surface area (Å²) in [5.41, 5.74) is 23.4. The SMILES string of the molecule is Cc1ccccc1N(c1ccc2cc3c(cc2c1)oc1c(-c2ccccc2)c2oc4cc5cc(N(c6ccccc6C)c6ccc(-c7ccccc7)cc6-c6ccccc6)ccc5cc4c2cc13)c1ccc(-c2ccccc2)cc1-c1ccccc1. The van der Waals surface area contributed by atoms with E-state index < -0.39 is 0 Å². The van der Waals surface area contributed by atoms with Crippen LogP contribution in [0.25, 0.3) is 121 Å². The van der Waals surface area contributed by atoms with E-state index in [1.807, 2.05) is 0 Å². The Labute approximate surface area is 499 Å². The summed E-state index contributed by atoms with van der Waals surface area (Å²) in [7, 11) is 0. The second kappa shape index (κ2) is 20.9. The van der Waals surface area contributed by atoms with Crippen molar-refractivity contribution in [2.24, 2.45) is 0 Å². The zero-order valence-corrected chi connectivity index (χ0v) is 47.6. The second-order valence-corrected chi connectivity index (χ2v) is 22.5. The first-order valence-electron chi connectivity index (χ1n) is 29.5. The fourth-order valence-electron chi connectivity index (χ4n) is 13.0. The van der Waals surface area contributed by atoms with Crippen molar-refractivity contribution >= 4 is 99.5 Å². The van der Waals surface area contributed by atoms with Crippen molar-refractivity contribution in [1.82, 2.24) is 0 Å². The van der Waals surface area contributed by atoms with Gasteiger partial charge < -0.3 is 18.6 Å². The smallest absolute Gasteiger partial charge is 0.147 e. The Kier molecular flexibility index (Phi) is 12.3. The van der Waals surface area contributed by atoms with Crippen LogP contribution in [0.5, 0.6) is 0 Å². The predicted molar refractivity (Wildman–Crippen MR) is 362 cm³/mol. The number of furan rings is 2. The molecule has 2 heterocycles. The zero-order chi connectivity index (χ0) is 57.2. The Bertz CT molecular complexity index is 4940. The van der Waals surface area contributed by atoms with E-state index in [1.165, 1.54) is 33.4 Å². The van der Waals surface area contributed by atoms with E-state index in [-0.39, 0.29) is 0 Å². The summed E-state index contributed by atoms with van der Waals surface area (Å²) in [6, 6.07) is 109. The molecule has 0 saturated carbocycles. The quantitative estimate of drug-likeness (QED) is 0.129. The molecule has 406 valence electrons. The van der Waals surface area contributed by atoms with Crippen LogP contribution in [-0.2, 0) is 0 Å². The molecular formula is C82H56N2O2. The molecular weight excluding hydrogens is 1040 g/mol. The summed E-state index contributed by atoms with van der Waals surface area (Å²) in [5, 5.41) is 8.61. The molecule has 0 N–H and O–H groups in total. The van der Waals surface area contributed by atoms with Crippen molar-refractivity contribution in [2.75, 3.05) is 9.80 Å². The van der Waals surface area contributed by atoms with Crippen molar-refractivity contribution < 1.29 is 8.83 Å². The summed E-state index contributed by atoms with van der Waals surface area (Å²) < 4.78 is 14.4. The zero-order valence-electron chi connectivity index (χ0n) is 47.6. The largest absolute Gasteiger partial charge is 0.455 e. The average molecular weight is 1100 g/mol. The van der Waals surface area contributed by atoms with Crippen molar-refractivity contribution in [1.29, 1.82) is 0 Å². The lowest BCUT2D eigenvalue weighted by Gasteiger charge is -2.30. The molecule has 2 aromatic heterocycles. The van der Waals surface area contributed by atoms with Gasteiger partial charge in [0, 0.05) is 55.4 Å². The van der Waals surface area contributed by atoms with Crippen LogP contribution in [0, 0.1) is 13.8 Å². The minimum atomic E-state index is 0.800. The highest BCUT2D eigenvalue weighted by molar-refractivity contribution is 6.24. The molecule has 0 spiro atoms. The molecule has 0 atom stereocenters. The highest BCUT2D eigenvalue weighted by atomic mass is 16.3. The van der Waals surface area contributed by atoms with Gasteiger partial charge in [0.2, 0.25) is 0 Å². The first-order valence-corrected chi connectivity index (χ1v) is 29.5. The molecule has 4 nitrogen and oxygen atoms in total. The maximum atomic E-state index is 7.18. The number of aryl methyl sites for hydroxylation is 2. The van der Waals surface area contributed by atoms with Gasteiger partial charge in [-0.05, 0) is 176 Å². The van der Waals surface area contributed by atoms with Crippen LogP contribution in [-0.4, -0.2) is 0 Å². The number of nitrogens with zero attached hydrogens (tertiary/aromatic N) is 2. The van der Waals surface area contributed by atoms with Crippen LogP contribution >= 0.6 is 0 Å². The first kappa shape index (κ1) is 50.5. The van der Waals surface area contributed by atoms with Gasteiger partial charge in [-0.1, -0.05) is 212 Å². The summed E-state index contributed by atoms with van der Waals surface area (Å²) >= 11 is 0. The minimum Gasteiger partial charge on any atom is -0.455 e. The van der Waals surface area contributed by atoms with E-state index in [9.17, 15) is 0 Å². The molecule has 86 heavy (non-hydrogen) atoms. The lowest BCUT2D eigenvalue weighted by molar-refractivity contribution is 0.658. The number of hydrogen-bond acceptors (Lipinski definition) is 4. The molecule has 4 heteroatoms. The number of anilines is 6. The van der Waals surface area contributed by atoms with E-state index in [4.69, 9.17) is 8.83 Å². The average Bonchev–Trinajstić information content (AvgIpc) is 1.75. The van der Waals surface area contributed by atoms with Gasteiger partial charge in [-0.3, -0.25) is 0 Å². The molecule has 0 amide bonds. The van der Waals surface area contributed by atoms with Crippen LogP contribution in [0.4, 0.5) is 34.1 Å². The number of para-hydroxylation sites is 2. The summed E-state index contributed by atoms with van der Waals surface area (Å²) in [4.78, 5) is 4.83. The monoisotopic (exact) mass is 1100 g/mol. The van der Waals surface area contributed by atoms with Crippen molar-refractivity contribution in [3.05, 3.63) is 314 Å². The van der Waals surface area contributed by atoms with Gasteiger partial charge in [0.25, 0.3) is 0 Å². The molecule has 0 aliphatic carbocycles. The van der Waals surface area contributed by atoms with Gasteiger partial charge in [-0.2, -0.15) is 0 Å². The molecule has 0 bridgehead atoms. The Balaban J connectivity index is 0.846. The van der Waals surface area contributed by atoms with Crippen molar-refractivity contribution in [3.8, 4) is 55.6 Å². The predicted octanol–water partition coefficient (Wildman–Crippen LogP) is 23.7. The van der Waals surface area contributed by atoms with Crippen LogP contribution in [0.2, 0.25) is 0 Å². The van der Waals surface area contributed by atoms with Crippen LogP contribution in [0.1, 0.15) is 11.1 Å². The maximum absolute atomic E-state index is 7.18. The molecule has 16 aromatic rings. The standard InChI is InChI=1S/C82H56N2O2/c1-53-22-18-20-34-74(53)83(76-42-38-60(55-24-8-3-9-25-55)46-68(76)57-28-12-5-13-29-57)66-40-36-62-48-70-72-52-73-71-49-63-37-41-67(45-65(63)51-79(71)86-82(73)80(59-32-16-7-17-33-59)81(72)85-78(70)50-64(62)44-66)84(75-35-21-19-23-54(75)2)77-43-39-61(56-26-10-4-11-27-56)47-69(77)58-30-14-6-15-31-58/h3-52H,1-2H3. The molecule has 0 saturated heterocycles. The summed E-state index contributed by atoms with van der Waals surface area (Å²) in [6.45, 7) is 4.39. The summed E-state index contributed by atoms with van der Waals surface area (Å²) in [6.07, 6.45) is 0. The molecule has 0 unspecified atom stereocenters. The highest BCUT2D eigenvalue weighted by Crippen LogP contribution is 2.50.